The number of unbranched alkanes of at least 4 members (excludes halogenated alkanes) is 1. The van der Waals surface area contributed by atoms with E-state index in [-0.39, 0.29) is 23.5 Å². The van der Waals surface area contributed by atoms with Crippen LogP contribution in [-0.4, -0.2) is 58.4 Å². The molecule has 0 fully saturated rings. The van der Waals surface area contributed by atoms with Crippen molar-refractivity contribution >= 4 is 75.9 Å². The summed E-state index contributed by atoms with van der Waals surface area (Å²) in [6.07, 6.45) is 23.0. The number of nitrogens with one attached hydrogen (secondary N) is 3. The Bertz CT molecular complexity index is 3990. The number of aromatic nitrogens is 7. The van der Waals surface area contributed by atoms with Gasteiger partial charge in [0, 0.05) is 112 Å². The molecule has 3 amide bonds. The van der Waals surface area contributed by atoms with Gasteiger partial charge >= 0.3 is 0 Å². The van der Waals surface area contributed by atoms with Gasteiger partial charge in [-0.05, 0) is 138 Å². The van der Waals surface area contributed by atoms with E-state index in [0.29, 0.717) is 39.3 Å². The number of hydrogen-bond acceptors (Lipinski definition) is 14. The van der Waals surface area contributed by atoms with E-state index in [1.54, 1.807) is 146 Å². The molecule has 14 nitrogen and oxygen atoms in total. The molecule has 0 bridgehead atoms. The molecule has 0 aliphatic carbocycles. The number of benzene rings is 7. The maximum atomic E-state index is 12.8. The zero-order valence-corrected chi connectivity index (χ0v) is 50.6. The van der Waals surface area contributed by atoms with Gasteiger partial charge in [0.2, 0.25) is 0 Å². The zero-order chi connectivity index (χ0) is 61.0. The third kappa shape index (κ3) is 20.4. The van der Waals surface area contributed by atoms with Gasteiger partial charge in [0.05, 0.1) is 18.6 Å². The topological polar surface area (TPSA) is 195 Å². The lowest BCUT2D eigenvalue weighted by Gasteiger charge is -2.09. The first kappa shape index (κ1) is 62.6. The van der Waals surface area contributed by atoms with Crippen molar-refractivity contribution < 1.29 is 19.2 Å². The second-order valence-electron chi connectivity index (χ2n) is 19.8. The Morgan fingerprint density at radius 3 is 1.20 bits per heavy atom. The maximum Gasteiger partial charge on any atom is 0.255 e. The van der Waals surface area contributed by atoms with Gasteiger partial charge < -0.3 is 16.0 Å². The fourth-order valence-corrected chi connectivity index (χ4v) is 10.9. The quantitative estimate of drug-likeness (QED) is 0.0428. The highest BCUT2D eigenvalue weighted by molar-refractivity contribution is 7.98. The van der Waals surface area contributed by atoms with Gasteiger partial charge in [0.25, 0.3) is 17.7 Å². The van der Waals surface area contributed by atoms with Gasteiger partial charge in [-0.25, -0.2) is 15.0 Å². The molecule has 0 saturated carbocycles. The molecule has 11 rings (SSSR count). The van der Waals surface area contributed by atoms with Crippen LogP contribution in [0.15, 0.2) is 271 Å². The number of anilines is 3. The largest absolute Gasteiger partial charge is 0.322 e. The molecular weight excluding hydrogens is 1150 g/mol. The van der Waals surface area contributed by atoms with E-state index in [1.807, 2.05) is 133 Å². The van der Waals surface area contributed by atoms with Crippen molar-refractivity contribution in [3.8, 4) is 0 Å². The minimum atomic E-state index is -0.226. The third-order valence-corrected chi connectivity index (χ3v) is 16.1. The molecule has 0 aliphatic heterocycles. The van der Waals surface area contributed by atoms with Crippen LogP contribution in [0.3, 0.4) is 0 Å². The van der Waals surface area contributed by atoms with E-state index >= 15 is 0 Å². The van der Waals surface area contributed by atoms with Crippen molar-refractivity contribution in [2.75, 3.05) is 16.0 Å². The van der Waals surface area contributed by atoms with E-state index in [2.05, 4.69) is 69.9 Å². The van der Waals surface area contributed by atoms with Crippen molar-refractivity contribution in [3.63, 3.8) is 0 Å². The number of aryl methyl sites for hydroxylation is 1. The number of rotatable bonds is 22. The lowest BCUT2D eigenvalue weighted by molar-refractivity contribution is 0.101. The maximum absolute atomic E-state index is 12.8. The second-order valence-corrected chi connectivity index (χ2v) is 22.8. The molecule has 0 saturated heterocycles. The minimum absolute atomic E-state index is 0.0836. The van der Waals surface area contributed by atoms with Crippen LogP contribution in [0.4, 0.5) is 17.1 Å². The van der Waals surface area contributed by atoms with E-state index in [9.17, 15) is 19.2 Å². The lowest BCUT2D eigenvalue weighted by Crippen LogP contribution is -2.12. The van der Waals surface area contributed by atoms with Crippen molar-refractivity contribution in [2.24, 2.45) is 0 Å². The van der Waals surface area contributed by atoms with Crippen molar-refractivity contribution in [1.82, 2.24) is 34.9 Å². The van der Waals surface area contributed by atoms with Crippen LogP contribution in [0.1, 0.15) is 100 Å². The first-order valence-corrected chi connectivity index (χ1v) is 31.3. The van der Waals surface area contributed by atoms with Gasteiger partial charge in [-0.3, -0.25) is 39.1 Å². The van der Waals surface area contributed by atoms with E-state index < -0.39 is 0 Å². The molecule has 4 aromatic heterocycles. The van der Waals surface area contributed by atoms with Crippen LogP contribution in [0.2, 0.25) is 0 Å². The van der Waals surface area contributed by atoms with Crippen LogP contribution in [0, 0.1) is 0 Å². The molecule has 3 N–H and O–H groups in total. The first-order chi connectivity index (χ1) is 43.2. The molecule has 0 spiro atoms. The normalized spacial score (nSPS) is 10.5. The molecular formula is C71H62N10O4S3. The highest BCUT2D eigenvalue weighted by Crippen LogP contribution is 2.25. The number of ketones is 1. The van der Waals surface area contributed by atoms with E-state index in [1.165, 1.54) is 29.5 Å². The smallest absolute Gasteiger partial charge is 0.255 e. The third-order valence-electron chi connectivity index (χ3n) is 13.2. The molecule has 4 heterocycles. The molecule has 0 aliphatic rings. The predicted octanol–water partition coefficient (Wildman–Crippen LogP) is 15.6. The average molecular weight is 1220 g/mol. The van der Waals surface area contributed by atoms with Crippen LogP contribution in [0.5, 0.6) is 0 Å². The first-order valence-electron chi connectivity index (χ1n) is 28.3. The van der Waals surface area contributed by atoms with Crippen LogP contribution in [-0.2, 0) is 30.1 Å². The standard InChI is InChI=1S/C25H19N3O2S.C24H20N4OS.C22H23N3OS/c29-24(19-7-2-1-3-8-19)20-9-5-11-22(15-20)28-25(30)21-10-4-6-18(14-21)17-31-23-16-26-12-13-27-23;29-24(21-3-1-2-20(15-21)17-30-23-16-26-12-13-27-23)28-22-6-4-18(5-7-22)14-19-8-10-25-11-9-19;1-2-3-5-17-8-10-20(11-9-17)25-22(26)19-7-4-6-18(14-19)16-27-21-15-23-12-13-24-21/h1-16H,17H2,(H,28,30);1-13,15-16H,14,17H2,(H,28,29);4,6-15H,2-3,5,16H2,1H3,(H,25,26). The summed E-state index contributed by atoms with van der Waals surface area (Å²) in [4.78, 5) is 79.6. The summed E-state index contributed by atoms with van der Waals surface area (Å²) in [5.41, 5.74) is 12.0. The number of carbonyl (C=O) groups excluding carboxylic acids is 4. The Kier molecular flexibility index (Phi) is 23.9. The number of carbonyl (C=O) groups is 4. The number of nitrogens with zero attached hydrogens (tertiary/aromatic N) is 7. The van der Waals surface area contributed by atoms with E-state index in [0.717, 1.165) is 67.5 Å². The Morgan fingerprint density at radius 1 is 0.352 bits per heavy atom. The fraction of sp³-hybridized carbons (Fsp3) is 0.113. The minimum Gasteiger partial charge on any atom is -0.322 e. The van der Waals surface area contributed by atoms with Gasteiger partial charge in [-0.2, -0.15) is 0 Å². The Labute approximate surface area is 525 Å². The number of thioether (sulfide) groups is 3. The van der Waals surface area contributed by atoms with E-state index in [4.69, 9.17) is 0 Å². The highest BCUT2D eigenvalue weighted by atomic mass is 32.2. The summed E-state index contributed by atoms with van der Waals surface area (Å²) in [6.45, 7) is 2.19. The summed E-state index contributed by atoms with van der Waals surface area (Å²) in [7, 11) is 0. The Morgan fingerprint density at radius 2 is 0.761 bits per heavy atom. The second kappa shape index (κ2) is 33.7. The lowest BCUT2D eigenvalue weighted by atomic mass is 10.0. The average Bonchev–Trinajstić information content (AvgIpc) is 3.66. The molecule has 88 heavy (non-hydrogen) atoms. The van der Waals surface area contributed by atoms with Crippen LogP contribution < -0.4 is 16.0 Å². The monoisotopic (exact) mass is 1210 g/mol. The number of amides is 3. The van der Waals surface area contributed by atoms with Crippen molar-refractivity contribution in [2.45, 2.75) is 64.9 Å². The molecule has 0 unspecified atom stereocenters. The molecule has 17 heteroatoms. The summed E-state index contributed by atoms with van der Waals surface area (Å²) >= 11 is 4.75. The molecule has 0 atom stereocenters. The summed E-state index contributed by atoms with van der Waals surface area (Å²) in [5.74, 6) is 1.62. The number of hydrogen-bond donors (Lipinski definition) is 3. The fourth-order valence-electron chi connectivity index (χ4n) is 8.64. The SMILES string of the molecule is CCCCc1ccc(NC(=O)c2cccc(CSc3cnccn3)c2)cc1.O=C(Nc1ccc(Cc2ccncc2)cc1)c1cccc(CSc2cnccn2)c1.O=C(Nc1cccc(C(=O)c2ccccc2)c1)c1cccc(CSc2cnccn2)c1. The van der Waals surface area contributed by atoms with Crippen molar-refractivity contribution in [1.29, 1.82) is 0 Å². The molecule has 7 aromatic carbocycles. The summed E-state index contributed by atoms with van der Waals surface area (Å²) in [5, 5.41) is 11.4. The number of pyridine rings is 1. The van der Waals surface area contributed by atoms with Gasteiger partial charge in [-0.15, -0.1) is 35.3 Å². The van der Waals surface area contributed by atoms with Crippen LogP contribution in [0.25, 0.3) is 0 Å². The molecule has 0 radical (unpaired) electrons. The molecule has 11 aromatic rings. The molecule has 438 valence electrons. The summed E-state index contributed by atoms with van der Waals surface area (Å²) in [6, 6.07) is 58.9. The predicted molar refractivity (Wildman–Crippen MR) is 353 cm³/mol. The highest BCUT2D eigenvalue weighted by Gasteiger charge is 2.14. The van der Waals surface area contributed by atoms with Crippen molar-refractivity contribution in [3.05, 3.63) is 317 Å². The van der Waals surface area contributed by atoms with Gasteiger partial charge in [-0.1, -0.05) is 116 Å². The summed E-state index contributed by atoms with van der Waals surface area (Å²) < 4.78 is 0. The Hall–Kier alpha value is -9.94. The zero-order valence-electron chi connectivity index (χ0n) is 48.2. The Balaban J connectivity index is 0.000000158. The van der Waals surface area contributed by atoms with Gasteiger partial charge in [0.1, 0.15) is 15.1 Å². The van der Waals surface area contributed by atoms with Crippen LogP contribution >= 0.6 is 35.3 Å². The van der Waals surface area contributed by atoms with Gasteiger partial charge in [0.15, 0.2) is 5.78 Å².